The molecule has 0 bridgehead atoms. The van der Waals surface area contributed by atoms with Crippen LogP contribution >= 0.6 is 11.6 Å². The number of fused-ring (bicyclic) bond motifs is 2. The van der Waals surface area contributed by atoms with Gasteiger partial charge in [0.2, 0.25) is 5.24 Å². The van der Waals surface area contributed by atoms with Crippen LogP contribution in [0, 0.1) is 11.6 Å². The van der Waals surface area contributed by atoms with Gasteiger partial charge in [0.1, 0.15) is 23.1 Å². The minimum atomic E-state index is -1.44. The van der Waals surface area contributed by atoms with Gasteiger partial charge in [-0.1, -0.05) is 0 Å². The Labute approximate surface area is 271 Å². The van der Waals surface area contributed by atoms with Gasteiger partial charge in [-0.3, -0.25) is 23.6 Å². The van der Waals surface area contributed by atoms with Crippen LogP contribution in [0.5, 0.6) is 11.5 Å². The summed E-state index contributed by atoms with van der Waals surface area (Å²) in [5, 5.41) is 45.1. The van der Waals surface area contributed by atoms with Gasteiger partial charge in [-0.15, -0.1) is 0 Å². The number of carbonyl (C=O) groups excluding carboxylic acids is 2. The van der Waals surface area contributed by atoms with E-state index in [4.69, 9.17) is 30.7 Å². The Kier molecular flexibility index (Phi) is 18.4. The van der Waals surface area contributed by atoms with Gasteiger partial charge >= 0.3 is 61.7 Å². The normalized spacial score (nSPS) is 15.6. The standard InChI is InChI=1S/C11H10BFO6.C9H8BFO5.C2H3ClO.CH3F.Na.H2O/c1-5(14)18-6-2-7-11(8(13)3-6)9(4-10(15)16)19-12(7)17;11-6-2-4(12)1-5-9(6)7(3-8(13)14)16-10(5)15;1-2(3)4;1-2;;/h2-3,9,17H,4H2,1H3,(H,15,16);1-2,7,12,15H,3H2,(H,13,14);1H3;1H3;;1H2/q;;;;+1;/p-1/i;;;1D;;. The third-order valence-corrected chi connectivity index (χ3v) is 5.03. The molecular formula is C23H25B2ClF3NaO13. The van der Waals surface area contributed by atoms with Gasteiger partial charge in [0.15, 0.2) is 0 Å². The van der Waals surface area contributed by atoms with E-state index in [9.17, 15) is 42.4 Å². The maximum atomic E-state index is 13.9. The minimum Gasteiger partial charge on any atom is -0.870 e. The molecule has 20 heteroatoms. The summed E-state index contributed by atoms with van der Waals surface area (Å²) < 4.78 is 57.5. The van der Waals surface area contributed by atoms with Gasteiger partial charge in [-0.05, 0) is 34.7 Å². The number of hydrogen-bond donors (Lipinski definition) is 5. The molecule has 2 unspecified atom stereocenters. The van der Waals surface area contributed by atoms with Crippen molar-refractivity contribution in [2.75, 3.05) is 7.15 Å². The van der Waals surface area contributed by atoms with Crippen molar-refractivity contribution in [2.45, 2.75) is 38.9 Å². The van der Waals surface area contributed by atoms with Crippen LogP contribution in [0.4, 0.5) is 13.2 Å². The average Bonchev–Trinajstić information content (AvgIpc) is 3.29. The number of hydrogen-bond acceptors (Lipinski definition) is 11. The summed E-state index contributed by atoms with van der Waals surface area (Å²) in [6, 6.07) is 4.23. The first-order chi connectivity index (χ1) is 19.5. The Morgan fingerprint density at radius 2 is 1.30 bits per heavy atom. The number of phenols is 1. The van der Waals surface area contributed by atoms with Crippen molar-refractivity contribution in [3.8, 4) is 11.5 Å². The first-order valence-corrected chi connectivity index (χ1v) is 11.6. The molecular weight excluding hydrogens is 621 g/mol. The summed E-state index contributed by atoms with van der Waals surface area (Å²) in [4.78, 5) is 41.2. The molecule has 0 saturated heterocycles. The SMILES string of the molecule is CC(=O)Cl.CC(=O)Oc1cc(F)c2c(c1)B(O)OC2CC(=O)O.O=C(O)CC1OB(O)c2cc(O)cc(F)c21.[2H]CF.[Na+].[OH-]. The molecule has 2 aliphatic rings. The number of carboxylic acids is 2. The molecule has 4 rings (SSSR count). The number of rotatable bonds is 5. The van der Waals surface area contributed by atoms with Crippen molar-refractivity contribution in [1.82, 2.24) is 0 Å². The van der Waals surface area contributed by atoms with E-state index < -0.39 is 76.0 Å². The number of esters is 1. The summed E-state index contributed by atoms with van der Waals surface area (Å²) in [7, 11) is -3.84. The van der Waals surface area contributed by atoms with Gasteiger partial charge in [0, 0.05) is 37.1 Å². The molecule has 2 aromatic rings. The summed E-state index contributed by atoms with van der Waals surface area (Å²) >= 11 is 4.64. The molecule has 0 saturated carbocycles. The number of carboxylic acid groups (broad SMARTS) is 2. The van der Waals surface area contributed by atoms with E-state index >= 15 is 0 Å². The van der Waals surface area contributed by atoms with Crippen LogP contribution in [0.3, 0.4) is 0 Å². The molecule has 0 fully saturated rings. The fourth-order valence-corrected chi connectivity index (χ4v) is 3.76. The molecule has 2 atom stereocenters. The Balaban J connectivity index is 0. The third-order valence-electron chi connectivity index (χ3n) is 5.03. The maximum absolute atomic E-state index is 13.9. The molecule has 2 aliphatic heterocycles. The molecule has 43 heavy (non-hydrogen) atoms. The number of aromatic hydroxyl groups is 1. The zero-order valence-corrected chi connectivity index (χ0v) is 25.5. The van der Waals surface area contributed by atoms with Crippen molar-refractivity contribution in [2.24, 2.45) is 0 Å². The van der Waals surface area contributed by atoms with Gasteiger partial charge in [0.05, 0.1) is 33.6 Å². The summed E-state index contributed by atoms with van der Waals surface area (Å²) in [5.41, 5.74) is 0.116. The van der Waals surface area contributed by atoms with Crippen LogP contribution in [0.1, 0.15) is 51.4 Å². The largest absolute Gasteiger partial charge is 1.00 e. The summed E-state index contributed by atoms with van der Waals surface area (Å²) in [6.07, 6.45) is -2.99. The van der Waals surface area contributed by atoms with E-state index in [0.29, 0.717) is 0 Å². The van der Waals surface area contributed by atoms with Crippen LogP contribution in [-0.2, 0) is 28.5 Å². The third kappa shape index (κ3) is 12.8. The average molecular weight is 648 g/mol. The topological polar surface area (TPSA) is 227 Å². The molecule has 6 N–H and O–H groups in total. The molecule has 2 heterocycles. The predicted octanol–water partition coefficient (Wildman–Crippen LogP) is -2.07. The molecule has 2 aromatic carbocycles. The Morgan fingerprint density at radius 3 is 1.67 bits per heavy atom. The Morgan fingerprint density at radius 1 is 0.930 bits per heavy atom. The van der Waals surface area contributed by atoms with Crippen molar-refractivity contribution < 1.29 is 108 Å². The van der Waals surface area contributed by atoms with Gasteiger partial charge < -0.3 is 44.9 Å². The molecule has 13 nitrogen and oxygen atoms in total. The molecule has 230 valence electrons. The molecule has 0 aromatic heterocycles. The van der Waals surface area contributed by atoms with Gasteiger partial charge in [-0.25, -0.2) is 8.78 Å². The van der Waals surface area contributed by atoms with Gasteiger partial charge in [-0.2, -0.15) is 0 Å². The Bertz CT molecular complexity index is 1310. The first kappa shape index (κ1) is 40.3. The van der Waals surface area contributed by atoms with E-state index in [0.717, 1.165) is 25.1 Å². The van der Waals surface area contributed by atoms with Crippen molar-refractivity contribution >= 4 is 59.9 Å². The van der Waals surface area contributed by atoms with Gasteiger partial charge in [0.25, 0.3) is 0 Å². The number of benzene rings is 2. The van der Waals surface area contributed by atoms with Crippen molar-refractivity contribution in [3.63, 3.8) is 0 Å². The van der Waals surface area contributed by atoms with Crippen molar-refractivity contribution in [3.05, 3.63) is 47.0 Å². The second kappa shape index (κ2) is 19.6. The quantitative estimate of drug-likeness (QED) is 0.102. The fraction of sp³-hybridized carbons (Fsp3) is 0.304. The van der Waals surface area contributed by atoms with E-state index in [2.05, 4.69) is 11.6 Å². The second-order valence-electron chi connectivity index (χ2n) is 8.05. The van der Waals surface area contributed by atoms with Crippen LogP contribution in [-0.4, -0.2) is 75.4 Å². The monoisotopic (exact) mass is 647 g/mol. The number of alkyl halides is 1. The molecule has 0 radical (unpaired) electrons. The molecule has 0 amide bonds. The number of aliphatic carboxylic acids is 2. The smallest absolute Gasteiger partial charge is 0.870 e. The van der Waals surface area contributed by atoms with Crippen LogP contribution in [0.2, 0.25) is 0 Å². The zero-order chi connectivity index (χ0) is 32.3. The van der Waals surface area contributed by atoms with E-state index in [-0.39, 0.29) is 73.8 Å². The second-order valence-corrected chi connectivity index (χ2v) is 8.58. The maximum Gasteiger partial charge on any atom is 1.00 e. The molecule has 0 aliphatic carbocycles. The number of halogens is 4. The minimum absolute atomic E-state index is 0. The first-order valence-electron chi connectivity index (χ1n) is 11.9. The van der Waals surface area contributed by atoms with E-state index in [1.165, 1.54) is 13.0 Å². The van der Waals surface area contributed by atoms with Crippen LogP contribution in [0.25, 0.3) is 0 Å². The van der Waals surface area contributed by atoms with E-state index in [1.807, 2.05) is 0 Å². The number of carbonyl (C=O) groups is 4. The zero-order valence-electron chi connectivity index (χ0n) is 23.8. The van der Waals surface area contributed by atoms with E-state index in [1.54, 1.807) is 0 Å². The summed E-state index contributed by atoms with van der Waals surface area (Å²) in [5.74, 6) is -4.92. The Hall–Kier alpha value is -2.67. The van der Waals surface area contributed by atoms with Crippen LogP contribution in [0.15, 0.2) is 24.3 Å². The summed E-state index contributed by atoms with van der Waals surface area (Å²) in [6.45, 7) is 2.45. The number of phenolic OH excluding ortho intramolecular Hbond substituents is 1. The predicted molar refractivity (Wildman–Crippen MR) is 139 cm³/mol. The van der Waals surface area contributed by atoms with Crippen LogP contribution < -0.4 is 45.2 Å². The molecule has 0 spiro atoms. The number of ether oxygens (including phenoxy) is 1. The van der Waals surface area contributed by atoms with Crippen molar-refractivity contribution in [1.29, 1.82) is 0 Å². The fourth-order valence-electron chi connectivity index (χ4n) is 3.76.